The fourth-order valence-electron chi connectivity index (χ4n) is 3.67. The number of nitrogens with zero attached hydrogens (tertiary/aromatic N) is 3. The van der Waals surface area contributed by atoms with Crippen LogP contribution in [0.5, 0.6) is 0 Å². The molecule has 2 aromatic carbocycles. The van der Waals surface area contributed by atoms with E-state index in [0.717, 1.165) is 37.4 Å². The summed E-state index contributed by atoms with van der Waals surface area (Å²) in [6.45, 7) is 5.23. The second kappa shape index (κ2) is 8.34. The minimum Gasteiger partial charge on any atom is -0.368 e. The van der Waals surface area contributed by atoms with E-state index >= 15 is 0 Å². The third kappa shape index (κ3) is 4.56. The van der Waals surface area contributed by atoms with E-state index in [1.165, 1.54) is 5.69 Å². The summed E-state index contributed by atoms with van der Waals surface area (Å²) in [7, 11) is 0. The molecule has 0 saturated carbocycles. The summed E-state index contributed by atoms with van der Waals surface area (Å²) in [6.07, 6.45) is 0.0593. The van der Waals surface area contributed by atoms with Crippen molar-refractivity contribution in [1.82, 2.24) is 10.2 Å². The molecular formula is C22H25N5O2. The Balaban J connectivity index is 1.29. The maximum absolute atomic E-state index is 12.3. The third-order valence-corrected chi connectivity index (χ3v) is 5.21. The molecule has 2 heterocycles. The monoisotopic (exact) mass is 391 g/mol. The highest BCUT2D eigenvalue weighted by atomic mass is 16.2. The lowest BCUT2D eigenvalue weighted by Crippen LogP contribution is -2.52. The van der Waals surface area contributed by atoms with Gasteiger partial charge in [-0.1, -0.05) is 30.3 Å². The molecule has 0 bridgehead atoms. The van der Waals surface area contributed by atoms with Crippen LogP contribution in [0.2, 0.25) is 0 Å². The highest BCUT2D eigenvalue weighted by molar-refractivity contribution is 6.05. The molecule has 1 saturated heterocycles. The smallest absolute Gasteiger partial charge is 0.271 e. The fourth-order valence-corrected chi connectivity index (χ4v) is 3.67. The second-order valence-electron chi connectivity index (χ2n) is 7.40. The predicted molar refractivity (Wildman–Crippen MR) is 114 cm³/mol. The van der Waals surface area contributed by atoms with Crippen LogP contribution in [-0.4, -0.2) is 54.9 Å². The van der Waals surface area contributed by atoms with E-state index in [9.17, 15) is 9.59 Å². The van der Waals surface area contributed by atoms with Gasteiger partial charge in [0.25, 0.3) is 5.91 Å². The van der Waals surface area contributed by atoms with Crippen molar-refractivity contribution in [3.05, 3.63) is 60.2 Å². The molecule has 0 aliphatic carbocycles. The number of aliphatic imine (C=N–C) groups is 1. The molecule has 1 atom stereocenters. The normalized spacial score (nSPS) is 19.0. The molecular weight excluding hydrogens is 366 g/mol. The van der Waals surface area contributed by atoms with Gasteiger partial charge in [-0.05, 0) is 36.8 Å². The topological polar surface area (TPSA) is 77.0 Å². The summed E-state index contributed by atoms with van der Waals surface area (Å²) in [5.41, 5.74) is 3.01. The average molecular weight is 391 g/mol. The number of hydrogen-bond donors (Lipinski definition) is 2. The zero-order valence-electron chi connectivity index (χ0n) is 16.5. The van der Waals surface area contributed by atoms with Gasteiger partial charge in [0, 0.05) is 37.6 Å². The van der Waals surface area contributed by atoms with Crippen LogP contribution in [0.1, 0.15) is 12.0 Å². The van der Waals surface area contributed by atoms with Crippen LogP contribution in [0.3, 0.4) is 0 Å². The van der Waals surface area contributed by atoms with Crippen LogP contribution >= 0.6 is 0 Å². The average Bonchev–Trinajstić information content (AvgIpc) is 3.09. The Kier molecular flexibility index (Phi) is 5.46. The van der Waals surface area contributed by atoms with Crippen molar-refractivity contribution in [1.29, 1.82) is 0 Å². The molecule has 0 spiro atoms. The summed E-state index contributed by atoms with van der Waals surface area (Å²) in [5, 5.41) is 5.99. The zero-order chi connectivity index (χ0) is 20.2. The number of piperazine rings is 1. The SMILES string of the molecule is Cc1cccc(NC(=O)CC2NC(N3CCN(c4ccccc4)CC3)=NC2=O)c1. The van der Waals surface area contributed by atoms with Crippen molar-refractivity contribution < 1.29 is 9.59 Å². The fraction of sp³-hybridized carbons (Fsp3) is 0.318. The number of para-hydroxylation sites is 1. The van der Waals surface area contributed by atoms with Crippen LogP contribution in [0.25, 0.3) is 0 Å². The molecule has 1 fully saturated rings. The first-order valence-corrected chi connectivity index (χ1v) is 9.89. The minimum atomic E-state index is -0.609. The second-order valence-corrected chi connectivity index (χ2v) is 7.40. The molecule has 1 unspecified atom stereocenters. The van der Waals surface area contributed by atoms with Gasteiger partial charge in [-0.3, -0.25) is 9.59 Å². The molecule has 2 amide bonds. The molecule has 29 heavy (non-hydrogen) atoms. The summed E-state index contributed by atoms with van der Waals surface area (Å²) in [5.74, 6) is 0.0905. The number of aryl methyl sites for hydroxylation is 1. The lowest BCUT2D eigenvalue weighted by Gasteiger charge is -2.37. The van der Waals surface area contributed by atoms with E-state index < -0.39 is 6.04 Å². The summed E-state index contributed by atoms with van der Waals surface area (Å²) >= 11 is 0. The lowest BCUT2D eigenvalue weighted by molar-refractivity contribution is -0.123. The maximum Gasteiger partial charge on any atom is 0.271 e. The number of rotatable bonds is 4. The third-order valence-electron chi connectivity index (χ3n) is 5.21. The van der Waals surface area contributed by atoms with Crippen molar-refractivity contribution in [2.24, 2.45) is 4.99 Å². The van der Waals surface area contributed by atoms with Crippen LogP contribution in [-0.2, 0) is 9.59 Å². The van der Waals surface area contributed by atoms with E-state index in [1.54, 1.807) is 0 Å². The number of benzene rings is 2. The van der Waals surface area contributed by atoms with Gasteiger partial charge in [0.15, 0.2) is 0 Å². The standard InChI is InChI=1S/C22H25N5O2/c1-16-6-5-7-17(14-16)23-20(28)15-19-21(29)25-22(24-19)27-12-10-26(11-13-27)18-8-3-2-4-9-18/h2-9,14,19H,10-13,15H2,1H3,(H,23,28)(H,24,25,29). The number of hydrogen-bond acceptors (Lipinski definition) is 5. The first kappa shape index (κ1) is 19.0. The van der Waals surface area contributed by atoms with Gasteiger partial charge >= 0.3 is 0 Å². The zero-order valence-corrected chi connectivity index (χ0v) is 16.5. The molecule has 0 radical (unpaired) electrons. The Hall–Kier alpha value is -3.35. The maximum atomic E-state index is 12.3. The Morgan fingerprint density at radius 3 is 2.52 bits per heavy atom. The number of carbonyl (C=O) groups excluding carboxylic acids is 2. The van der Waals surface area contributed by atoms with Crippen LogP contribution in [0, 0.1) is 6.92 Å². The van der Waals surface area contributed by atoms with Crippen molar-refractivity contribution >= 4 is 29.1 Å². The van der Waals surface area contributed by atoms with Gasteiger partial charge in [0.1, 0.15) is 6.04 Å². The summed E-state index contributed by atoms with van der Waals surface area (Å²) in [4.78, 5) is 33.2. The van der Waals surface area contributed by atoms with Gasteiger partial charge < -0.3 is 20.4 Å². The first-order chi connectivity index (χ1) is 14.1. The van der Waals surface area contributed by atoms with Gasteiger partial charge in [-0.15, -0.1) is 0 Å². The van der Waals surface area contributed by atoms with E-state index in [0.29, 0.717) is 5.96 Å². The van der Waals surface area contributed by atoms with E-state index in [2.05, 4.69) is 37.6 Å². The molecule has 4 rings (SSSR count). The quantitative estimate of drug-likeness (QED) is 0.834. The molecule has 2 aromatic rings. The van der Waals surface area contributed by atoms with Crippen molar-refractivity contribution in [3.8, 4) is 0 Å². The molecule has 2 N–H and O–H groups in total. The molecule has 0 aromatic heterocycles. The van der Waals surface area contributed by atoms with Crippen molar-refractivity contribution in [3.63, 3.8) is 0 Å². The van der Waals surface area contributed by atoms with Crippen LogP contribution < -0.4 is 15.5 Å². The highest BCUT2D eigenvalue weighted by Gasteiger charge is 2.32. The van der Waals surface area contributed by atoms with Gasteiger partial charge in [0.2, 0.25) is 11.9 Å². The number of amides is 2. The molecule has 150 valence electrons. The van der Waals surface area contributed by atoms with Gasteiger partial charge in [-0.25, -0.2) is 0 Å². The Labute approximate surface area is 170 Å². The summed E-state index contributed by atoms with van der Waals surface area (Å²) in [6, 6.07) is 17.3. The van der Waals surface area contributed by atoms with E-state index in [4.69, 9.17) is 0 Å². The number of nitrogens with one attached hydrogen (secondary N) is 2. The van der Waals surface area contributed by atoms with Crippen molar-refractivity contribution in [2.75, 3.05) is 36.4 Å². The van der Waals surface area contributed by atoms with E-state index in [1.807, 2.05) is 49.4 Å². The largest absolute Gasteiger partial charge is 0.368 e. The van der Waals surface area contributed by atoms with Crippen molar-refractivity contribution in [2.45, 2.75) is 19.4 Å². The molecule has 7 heteroatoms. The Morgan fingerprint density at radius 1 is 1.07 bits per heavy atom. The molecule has 2 aliphatic rings. The number of anilines is 2. The lowest BCUT2D eigenvalue weighted by atomic mass is 10.2. The Bertz CT molecular complexity index is 920. The minimum absolute atomic E-state index is 0.0593. The van der Waals surface area contributed by atoms with Gasteiger partial charge in [0.05, 0.1) is 6.42 Å². The predicted octanol–water partition coefficient (Wildman–Crippen LogP) is 2.00. The number of guanidine groups is 1. The van der Waals surface area contributed by atoms with Crippen LogP contribution in [0.4, 0.5) is 11.4 Å². The first-order valence-electron chi connectivity index (χ1n) is 9.89. The molecule has 2 aliphatic heterocycles. The molecule has 7 nitrogen and oxygen atoms in total. The Morgan fingerprint density at radius 2 is 1.79 bits per heavy atom. The van der Waals surface area contributed by atoms with E-state index in [-0.39, 0.29) is 18.2 Å². The van der Waals surface area contributed by atoms with Gasteiger partial charge in [-0.2, -0.15) is 4.99 Å². The highest BCUT2D eigenvalue weighted by Crippen LogP contribution is 2.17. The summed E-state index contributed by atoms with van der Waals surface area (Å²) < 4.78 is 0. The number of carbonyl (C=O) groups is 2. The van der Waals surface area contributed by atoms with Crippen LogP contribution in [0.15, 0.2) is 59.6 Å².